The van der Waals surface area contributed by atoms with Gasteiger partial charge in [0.2, 0.25) is 5.91 Å². The molecule has 0 atom stereocenters. The van der Waals surface area contributed by atoms with Crippen molar-refractivity contribution in [2.75, 3.05) is 47.8 Å². The number of nitrogens with two attached hydrogens (primary N) is 1. The van der Waals surface area contributed by atoms with E-state index in [0.717, 1.165) is 37.7 Å². The van der Waals surface area contributed by atoms with Crippen molar-refractivity contribution in [3.63, 3.8) is 0 Å². The van der Waals surface area contributed by atoms with Gasteiger partial charge in [-0.15, -0.1) is 0 Å². The second kappa shape index (κ2) is 7.06. The first-order valence-corrected chi connectivity index (χ1v) is 7.63. The van der Waals surface area contributed by atoms with Crippen molar-refractivity contribution < 1.29 is 4.79 Å². The predicted octanol–water partition coefficient (Wildman–Crippen LogP) is 0.700. The smallest absolute Gasteiger partial charge is 0.239 e. The van der Waals surface area contributed by atoms with Crippen molar-refractivity contribution in [2.45, 2.75) is 0 Å². The van der Waals surface area contributed by atoms with Crippen molar-refractivity contribution in [1.29, 1.82) is 0 Å². The van der Waals surface area contributed by atoms with Gasteiger partial charge in [0, 0.05) is 32.4 Å². The summed E-state index contributed by atoms with van der Waals surface area (Å²) in [6.07, 6.45) is 3.60. The Bertz CT molecular complexity index is 637. The van der Waals surface area contributed by atoms with Crippen molar-refractivity contribution in [2.24, 2.45) is 5.73 Å². The molecule has 0 unspecified atom stereocenters. The summed E-state index contributed by atoms with van der Waals surface area (Å²) >= 11 is 0. The van der Waals surface area contributed by atoms with Crippen LogP contribution in [0.25, 0.3) is 0 Å². The van der Waals surface area contributed by atoms with Crippen LogP contribution in [0.3, 0.4) is 0 Å². The highest BCUT2D eigenvalue weighted by Gasteiger charge is 2.18. The molecular weight excluding hydrogens is 292 g/mol. The molecule has 0 bridgehead atoms. The highest BCUT2D eigenvalue weighted by molar-refractivity contribution is 5.91. The summed E-state index contributed by atoms with van der Waals surface area (Å²) in [7, 11) is 0. The van der Waals surface area contributed by atoms with E-state index in [1.807, 2.05) is 30.5 Å². The van der Waals surface area contributed by atoms with Crippen LogP contribution in [0.4, 0.5) is 17.3 Å². The summed E-state index contributed by atoms with van der Waals surface area (Å²) in [5.41, 5.74) is 6.32. The van der Waals surface area contributed by atoms with Crippen LogP contribution >= 0.6 is 0 Å². The Labute approximate surface area is 135 Å². The molecule has 0 aromatic carbocycles. The molecule has 0 aliphatic carbocycles. The zero-order valence-corrected chi connectivity index (χ0v) is 12.9. The number of amides is 1. The van der Waals surface area contributed by atoms with E-state index in [1.54, 1.807) is 12.3 Å². The number of carbonyl (C=O) groups excluding carboxylic acids is 1. The average Bonchev–Trinajstić information content (AvgIpc) is 2.63. The van der Waals surface area contributed by atoms with Gasteiger partial charge in [-0.1, -0.05) is 6.07 Å². The number of nitrogens with zero attached hydrogens (tertiary/aromatic N) is 4. The molecule has 2 aromatic rings. The number of pyridine rings is 2. The predicted molar refractivity (Wildman–Crippen MR) is 90.6 cm³/mol. The number of anilines is 3. The van der Waals surface area contributed by atoms with Crippen molar-refractivity contribution >= 4 is 23.2 Å². The molecule has 7 heteroatoms. The fraction of sp³-hybridized carbons (Fsp3) is 0.312. The number of carbonyl (C=O) groups is 1. The highest BCUT2D eigenvalue weighted by atomic mass is 16.1. The number of hydrogen-bond acceptors (Lipinski definition) is 6. The summed E-state index contributed by atoms with van der Waals surface area (Å²) in [5.74, 6) is 1.30. The summed E-state index contributed by atoms with van der Waals surface area (Å²) in [6.45, 7) is 3.61. The molecule has 0 radical (unpaired) electrons. The van der Waals surface area contributed by atoms with Crippen molar-refractivity contribution in [3.05, 3.63) is 42.7 Å². The Morgan fingerprint density at radius 2 is 1.87 bits per heavy atom. The molecule has 3 heterocycles. The van der Waals surface area contributed by atoms with Gasteiger partial charge in [0.25, 0.3) is 0 Å². The Morgan fingerprint density at radius 1 is 1.09 bits per heavy atom. The molecular formula is C16H20N6O. The van der Waals surface area contributed by atoms with Gasteiger partial charge in [0.1, 0.15) is 11.6 Å². The van der Waals surface area contributed by atoms with Gasteiger partial charge in [-0.25, -0.2) is 9.97 Å². The van der Waals surface area contributed by atoms with Crippen LogP contribution in [-0.4, -0.2) is 48.6 Å². The van der Waals surface area contributed by atoms with Crippen LogP contribution in [0.5, 0.6) is 0 Å². The average molecular weight is 312 g/mol. The molecule has 3 N–H and O–H groups in total. The number of aromatic nitrogens is 2. The van der Waals surface area contributed by atoms with Gasteiger partial charge in [-0.3, -0.25) is 4.79 Å². The lowest BCUT2D eigenvalue weighted by Gasteiger charge is -2.36. The standard InChI is InChI=1S/C16H20N6O/c17-11-16(23)20-14-5-4-13(12-19-14)21-7-9-22(10-8-21)15-3-1-2-6-18-15/h1-6,12H,7-11,17H2,(H,19,20,23). The molecule has 120 valence electrons. The topological polar surface area (TPSA) is 87.4 Å². The molecule has 1 saturated heterocycles. The van der Waals surface area contributed by atoms with Crippen LogP contribution in [-0.2, 0) is 4.79 Å². The van der Waals surface area contributed by atoms with E-state index in [-0.39, 0.29) is 12.5 Å². The zero-order chi connectivity index (χ0) is 16.1. The van der Waals surface area contributed by atoms with Gasteiger partial charge in [-0.2, -0.15) is 0 Å². The van der Waals surface area contributed by atoms with Gasteiger partial charge in [-0.05, 0) is 24.3 Å². The van der Waals surface area contributed by atoms with Crippen molar-refractivity contribution in [3.8, 4) is 0 Å². The third kappa shape index (κ3) is 3.75. The molecule has 0 spiro atoms. The van der Waals surface area contributed by atoms with Crippen LogP contribution in [0, 0.1) is 0 Å². The molecule has 2 aromatic heterocycles. The van der Waals surface area contributed by atoms with Crippen LogP contribution in [0.2, 0.25) is 0 Å². The highest BCUT2D eigenvalue weighted by Crippen LogP contribution is 2.19. The Morgan fingerprint density at radius 3 is 2.48 bits per heavy atom. The Balaban J connectivity index is 1.58. The molecule has 23 heavy (non-hydrogen) atoms. The first-order valence-electron chi connectivity index (χ1n) is 7.63. The van der Waals surface area contributed by atoms with E-state index in [4.69, 9.17) is 5.73 Å². The van der Waals surface area contributed by atoms with Crippen LogP contribution < -0.4 is 20.9 Å². The second-order valence-electron chi connectivity index (χ2n) is 5.32. The molecule has 1 aliphatic heterocycles. The normalized spacial score (nSPS) is 14.7. The largest absolute Gasteiger partial charge is 0.367 e. The summed E-state index contributed by atoms with van der Waals surface area (Å²) < 4.78 is 0. The Kier molecular flexibility index (Phi) is 4.68. The maximum Gasteiger partial charge on any atom is 0.239 e. The molecule has 3 rings (SSSR count). The zero-order valence-electron chi connectivity index (χ0n) is 12.9. The van der Waals surface area contributed by atoms with Gasteiger partial charge < -0.3 is 20.9 Å². The molecule has 1 fully saturated rings. The fourth-order valence-electron chi connectivity index (χ4n) is 2.58. The van der Waals surface area contributed by atoms with E-state index >= 15 is 0 Å². The van der Waals surface area contributed by atoms with Crippen LogP contribution in [0.15, 0.2) is 42.7 Å². The summed E-state index contributed by atoms with van der Waals surface area (Å²) in [5, 5.41) is 2.64. The van der Waals surface area contributed by atoms with E-state index in [0.29, 0.717) is 5.82 Å². The fourth-order valence-corrected chi connectivity index (χ4v) is 2.58. The minimum atomic E-state index is -0.241. The van der Waals surface area contributed by atoms with Crippen LogP contribution in [0.1, 0.15) is 0 Å². The third-order valence-electron chi connectivity index (χ3n) is 3.82. The quantitative estimate of drug-likeness (QED) is 0.864. The monoisotopic (exact) mass is 312 g/mol. The number of rotatable bonds is 4. The Hall–Kier alpha value is -2.67. The van der Waals surface area contributed by atoms with E-state index in [2.05, 4.69) is 25.1 Å². The minimum absolute atomic E-state index is 0.0427. The number of piperazine rings is 1. The lowest BCUT2D eigenvalue weighted by molar-refractivity contribution is -0.114. The van der Waals surface area contributed by atoms with Gasteiger partial charge in [0.15, 0.2) is 0 Å². The first kappa shape index (κ1) is 15.2. The number of nitrogens with one attached hydrogen (secondary N) is 1. The van der Waals surface area contributed by atoms with Gasteiger partial charge in [0.05, 0.1) is 18.4 Å². The summed E-state index contributed by atoms with van der Waals surface area (Å²) in [6, 6.07) is 9.74. The lowest BCUT2D eigenvalue weighted by Crippen LogP contribution is -2.46. The molecule has 7 nitrogen and oxygen atoms in total. The molecule has 1 amide bonds. The molecule has 0 saturated carbocycles. The summed E-state index contributed by atoms with van der Waals surface area (Å²) in [4.78, 5) is 24.5. The van der Waals surface area contributed by atoms with Crippen molar-refractivity contribution in [1.82, 2.24) is 9.97 Å². The van der Waals surface area contributed by atoms with Gasteiger partial charge >= 0.3 is 0 Å². The first-order chi connectivity index (χ1) is 11.3. The SMILES string of the molecule is NCC(=O)Nc1ccc(N2CCN(c3ccccn3)CC2)cn1. The maximum absolute atomic E-state index is 11.2. The van der Waals surface area contributed by atoms with E-state index < -0.39 is 0 Å². The second-order valence-corrected chi connectivity index (χ2v) is 5.32. The minimum Gasteiger partial charge on any atom is -0.367 e. The van der Waals surface area contributed by atoms with E-state index in [9.17, 15) is 4.79 Å². The molecule has 1 aliphatic rings. The maximum atomic E-state index is 11.2. The number of hydrogen-bond donors (Lipinski definition) is 2. The third-order valence-corrected chi connectivity index (χ3v) is 3.82. The van der Waals surface area contributed by atoms with E-state index in [1.165, 1.54) is 0 Å². The lowest BCUT2D eigenvalue weighted by atomic mass is 10.2.